The number of aliphatic carboxylic acids is 1. The number of hydrogen-bond acceptors (Lipinski definition) is 5. The van der Waals surface area contributed by atoms with Gasteiger partial charge >= 0.3 is 5.97 Å². The molecule has 34 heavy (non-hydrogen) atoms. The van der Waals surface area contributed by atoms with Gasteiger partial charge in [0.05, 0.1) is 21.7 Å². The first-order chi connectivity index (χ1) is 16.4. The second-order valence-electron chi connectivity index (χ2n) is 9.33. The summed E-state index contributed by atoms with van der Waals surface area (Å²) >= 11 is 1.64. The Morgan fingerprint density at radius 2 is 1.68 bits per heavy atom. The number of anilines is 2. The number of carboxylic acids is 1. The molecule has 1 aliphatic rings. The quantitative estimate of drug-likeness (QED) is 0.268. The molecule has 174 valence electrons. The molecule has 0 amide bonds. The number of aryl methyl sites for hydroxylation is 1. The van der Waals surface area contributed by atoms with Gasteiger partial charge in [-0.2, -0.15) is 0 Å². The topological polar surface area (TPSA) is 82.5 Å². The molecule has 0 radical (unpaired) electrons. The van der Waals surface area contributed by atoms with Crippen molar-refractivity contribution in [3.63, 3.8) is 0 Å². The largest absolute Gasteiger partial charge is 0.481 e. The Labute approximate surface area is 203 Å². The smallest absolute Gasteiger partial charge is 0.309 e. The number of aliphatic hydroxyl groups is 1. The molecule has 0 aliphatic heterocycles. The van der Waals surface area contributed by atoms with Crippen LogP contribution in [0.3, 0.4) is 0 Å². The summed E-state index contributed by atoms with van der Waals surface area (Å²) < 4.78 is 1.17. The van der Waals surface area contributed by atoms with Crippen molar-refractivity contribution >= 4 is 38.3 Å². The Morgan fingerprint density at radius 3 is 2.32 bits per heavy atom. The van der Waals surface area contributed by atoms with E-state index < -0.39 is 17.5 Å². The molecular formula is C28H28N2O3S. The normalized spacial score (nSPS) is 15.9. The first kappa shape index (κ1) is 22.6. The number of hydrogen-bond donors (Lipinski definition) is 3. The summed E-state index contributed by atoms with van der Waals surface area (Å²) in [7, 11) is 0. The zero-order valence-electron chi connectivity index (χ0n) is 19.1. The lowest BCUT2D eigenvalue weighted by atomic mass is 9.79. The van der Waals surface area contributed by atoms with Gasteiger partial charge < -0.3 is 15.5 Å². The number of thiazole rings is 1. The van der Waals surface area contributed by atoms with Crippen molar-refractivity contribution in [3.8, 4) is 11.1 Å². The number of nitrogens with one attached hydrogen (secondary N) is 1. The molecule has 3 aromatic carbocycles. The molecule has 1 aliphatic carbocycles. The average Bonchev–Trinajstić information content (AvgIpc) is 3.47. The molecule has 6 heteroatoms. The van der Waals surface area contributed by atoms with Gasteiger partial charge in [-0.25, -0.2) is 4.98 Å². The van der Waals surface area contributed by atoms with Crippen LogP contribution in [-0.4, -0.2) is 21.2 Å². The Bertz CT molecular complexity index is 1310. The van der Waals surface area contributed by atoms with Crippen LogP contribution in [0, 0.1) is 12.3 Å². The fourth-order valence-electron chi connectivity index (χ4n) is 4.90. The monoisotopic (exact) mass is 472 g/mol. The highest BCUT2D eigenvalue weighted by Crippen LogP contribution is 2.45. The van der Waals surface area contributed by atoms with E-state index in [1.165, 1.54) is 10.3 Å². The highest BCUT2D eigenvalue weighted by atomic mass is 32.1. The highest BCUT2D eigenvalue weighted by molar-refractivity contribution is 7.22. The Hall–Kier alpha value is -3.22. The van der Waals surface area contributed by atoms with Crippen LogP contribution in [0.5, 0.6) is 0 Å². The maximum Gasteiger partial charge on any atom is 0.309 e. The van der Waals surface area contributed by atoms with Crippen LogP contribution in [0.25, 0.3) is 21.3 Å². The van der Waals surface area contributed by atoms with Crippen molar-refractivity contribution in [2.24, 2.45) is 5.41 Å². The molecule has 1 unspecified atom stereocenters. The fraction of sp³-hybridized carbons (Fsp3) is 0.286. The number of rotatable bonds is 7. The van der Waals surface area contributed by atoms with Crippen molar-refractivity contribution in [1.82, 2.24) is 4.98 Å². The Kier molecular flexibility index (Phi) is 6.11. The summed E-state index contributed by atoms with van der Waals surface area (Å²) in [5, 5.41) is 24.7. The van der Waals surface area contributed by atoms with Crippen molar-refractivity contribution < 1.29 is 15.0 Å². The molecule has 0 bridgehead atoms. The van der Waals surface area contributed by atoms with Gasteiger partial charge in [-0.05, 0) is 72.7 Å². The molecule has 1 heterocycles. The van der Waals surface area contributed by atoms with E-state index in [1.54, 1.807) is 11.3 Å². The number of nitrogens with zero attached hydrogens (tertiary/aromatic N) is 1. The number of fused-ring (bicyclic) bond motifs is 1. The first-order valence-electron chi connectivity index (χ1n) is 11.7. The minimum Gasteiger partial charge on any atom is -0.481 e. The number of carbonyl (C=O) groups is 1. The van der Waals surface area contributed by atoms with Gasteiger partial charge in [-0.15, -0.1) is 0 Å². The number of aliphatic hydroxyl groups excluding tert-OH is 1. The minimum absolute atomic E-state index is 0.271. The van der Waals surface area contributed by atoms with Crippen LogP contribution in [0.15, 0.2) is 66.7 Å². The van der Waals surface area contributed by atoms with Crippen molar-refractivity contribution in [2.75, 3.05) is 5.32 Å². The van der Waals surface area contributed by atoms with Gasteiger partial charge in [0.25, 0.3) is 0 Å². The summed E-state index contributed by atoms with van der Waals surface area (Å²) in [5.74, 6) is -0.782. The molecule has 0 spiro atoms. The van der Waals surface area contributed by atoms with E-state index >= 15 is 0 Å². The van der Waals surface area contributed by atoms with Crippen LogP contribution in [0.1, 0.15) is 49.3 Å². The van der Waals surface area contributed by atoms with Gasteiger partial charge in [-0.1, -0.05) is 66.6 Å². The number of aromatic nitrogens is 1. The third kappa shape index (κ3) is 4.56. The van der Waals surface area contributed by atoms with E-state index in [9.17, 15) is 15.0 Å². The average molecular weight is 473 g/mol. The molecule has 0 saturated heterocycles. The number of benzene rings is 3. The highest BCUT2D eigenvalue weighted by Gasteiger charge is 2.42. The molecule has 5 nitrogen and oxygen atoms in total. The van der Waals surface area contributed by atoms with E-state index in [0.29, 0.717) is 12.8 Å². The molecule has 1 fully saturated rings. The molecule has 1 aromatic heterocycles. The molecule has 1 atom stereocenters. The maximum atomic E-state index is 11.8. The molecule has 1 saturated carbocycles. The summed E-state index contributed by atoms with van der Waals surface area (Å²) in [6, 6.07) is 22.2. The lowest BCUT2D eigenvalue weighted by Gasteiger charge is -2.26. The van der Waals surface area contributed by atoms with Gasteiger partial charge in [-0.3, -0.25) is 4.79 Å². The first-order valence-corrected chi connectivity index (χ1v) is 12.5. The van der Waals surface area contributed by atoms with E-state index in [0.717, 1.165) is 45.9 Å². The third-order valence-corrected chi connectivity index (χ3v) is 7.84. The van der Waals surface area contributed by atoms with E-state index in [4.69, 9.17) is 0 Å². The van der Waals surface area contributed by atoms with Crippen LogP contribution in [0.4, 0.5) is 10.8 Å². The lowest BCUT2D eigenvalue weighted by molar-refractivity contribution is -0.150. The van der Waals surface area contributed by atoms with E-state index in [1.807, 2.05) is 42.5 Å². The van der Waals surface area contributed by atoms with Crippen LogP contribution in [-0.2, 0) is 4.79 Å². The van der Waals surface area contributed by atoms with Crippen LogP contribution < -0.4 is 5.32 Å². The predicted octanol–water partition coefficient (Wildman–Crippen LogP) is 7.08. The van der Waals surface area contributed by atoms with Gasteiger partial charge in [0.2, 0.25) is 0 Å². The SMILES string of the molecule is Cc1ccc2nc(Nc3ccc(-c4ccc(C(O)CC5(C(=O)O)CCCC5)cc4)cc3)sc2c1. The van der Waals surface area contributed by atoms with Gasteiger partial charge in [0.15, 0.2) is 5.13 Å². The van der Waals surface area contributed by atoms with Crippen molar-refractivity contribution in [2.45, 2.75) is 45.1 Å². The third-order valence-electron chi connectivity index (χ3n) is 6.91. The Balaban J connectivity index is 1.26. The molecule has 4 aromatic rings. The summed E-state index contributed by atoms with van der Waals surface area (Å²) in [4.78, 5) is 16.5. The zero-order valence-corrected chi connectivity index (χ0v) is 19.9. The second kappa shape index (κ2) is 9.20. The Morgan fingerprint density at radius 1 is 1.03 bits per heavy atom. The van der Waals surface area contributed by atoms with Gasteiger partial charge in [0, 0.05) is 5.69 Å². The lowest BCUT2D eigenvalue weighted by Crippen LogP contribution is -2.29. The maximum absolute atomic E-state index is 11.8. The molecular weight excluding hydrogens is 444 g/mol. The molecule has 5 rings (SSSR count). The van der Waals surface area contributed by atoms with Crippen molar-refractivity contribution in [1.29, 1.82) is 0 Å². The predicted molar refractivity (Wildman–Crippen MR) is 138 cm³/mol. The zero-order chi connectivity index (χ0) is 23.7. The van der Waals surface area contributed by atoms with E-state index in [-0.39, 0.29) is 6.42 Å². The van der Waals surface area contributed by atoms with E-state index in [2.05, 4.69) is 41.5 Å². The number of carboxylic acid groups (broad SMARTS) is 1. The van der Waals surface area contributed by atoms with Crippen LogP contribution in [0.2, 0.25) is 0 Å². The minimum atomic E-state index is -0.789. The van der Waals surface area contributed by atoms with Crippen LogP contribution >= 0.6 is 11.3 Å². The van der Waals surface area contributed by atoms with Gasteiger partial charge in [0.1, 0.15) is 0 Å². The van der Waals surface area contributed by atoms with Crippen molar-refractivity contribution in [3.05, 3.63) is 77.9 Å². The summed E-state index contributed by atoms with van der Waals surface area (Å²) in [5.41, 5.74) is 5.30. The summed E-state index contributed by atoms with van der Waals surface area (Å²) in [6.07, 6.45) is 2.63. The standard InChI is InChI=1S/C28H28N2O3S/c1-18-4-13-23-25(16-18)34-27(30-23)29-22-11-9-20(10-12-22)19-5-7-21(8-6-19)24(31)17-28(26(32)33)14-2-3-15-28/h4-13,16,24,31H,2-3,14-15,17H2,1H3,(H,29,30)(H,32,33). The summed E-state index contributed by atoms with van der Waals surface area (Å²) in [6.45, 7) is 2.08. The fourth-order valence-corrected chi connectivity index (χ4v) is 5.88. The molecule has 3 N–H and O–H groups in total. The second-order valence-corrected chi connectivity index (χ2v) is 10.4.